The zero-order valence-corrected chi connectivity index (χ0v) is 9.30. The van der Waals surface area contributed by atoms with Crippen molar-refractivity contribution in [2.24, 2.45) is 0 Å². The maximum Gasteiger partial charge on any atom is 0.101 e. The van der Waals surface area contributed by atoms with Crippen molar-refractivity contribution >= 4 is 5.69 Å². The van der Waals surface area contributed by atoms with Crippen LogP contribution in [0.15, 0.2) is 18.2 Å². The molecule has 0 aliphatic heterocycles. The molecule has 0 unspecified atom stereocenters. The molecule has 0 atom stereocenters. The SMILES string of the molecule is Cc1ccc(NC2(C)CCC2)c(C#N)c1. The summed E-state index contributed by atoms with van der Waals surface area (Å²) in [4.78, 5) is 0. The van der Waals surface area contributed by atoms with Gasteiger partial charge in [-0.15, -0.1) is 0 Å². The lowest BCUT2D eigenvalue weighted by molar-refractivity contribution is 0.306. The van der Waals surface area contributed by atoms with Gasteiger partial charge in [0.2, 0.25) is 0 Å². The molecule has 0 radical (unpaired) electrons. The zero-order valence-electron chi connectivity index (χ0n) is 9.30. The molecule has 78 valence electrons. The Bertz CT molecular complexity index is 411. The van der Waals surface area contributed by atoms with Gasteiger partial charge in [0.25, 0.3) is 0 Å². The van der Waals surface area contributed by atoms with Crippen LogP contribution in [0, 0.1) is 18.3 Å². The average Bonchev–Trinajstić information content (AvgIpc) is 2.18. The summed E-state index contributed by atoms with van der Waals surface area (Å²) in [5, 5.41) is 12.5. The molecule has 1 aromatic carbocycles. The Balaban J connectivity index is 2.25. The molecule has 1 aliphatic carbocycles. The van der Waals surface area contributed by atoms with Gasteiger partial charge in [0, 0.05) is 5.54 Å². The first-order valence-electron chi connectivity index (χ1n) is 5.42. The summed E-state index contributed by atoms with van der Waals surface area (Å²) >= 11 is 0. The van der Waals surface area contributed by atoms with E-state index in [4.69, 9.17) is 5.26 Å². The van der Waals surface area contributed by atoms with Crippen LogP contribution in [0.2, 0.25) is 0 Å². The number of hydrogen-bond acceptors (Lipinski definition) is 2. The molecule has 15 heavy (non-hydrogen) atoms. The molecule has 2 heteroatoms. The van der Waals surface area contributed by atoms with Crippen LogP contribution in [-0.4, -0.2) is 5.54 Å². The summed E-state index contributed by atoms with van der Waals surface area (Å²) in [6.07, 6.45) is 3.69. The summed E-state index contributed by atoms with van der Waals surface area (Å²) in [7, 11) is 0. The Morgan fingerprint density at radius 2 is 2.13 bits per heavy atom. The first kappa shape index (κ1) is 10.0. The monoisotopic (exact) mass is 200 g/mol. The summed E-state index contributed by atoms with van der Waals surface area (Å²) < 4.78 is 0. The summed E-state index contributed by atoms with van der Waals surface area (Å²) in [6, 6.07) is 8.24. The minimum atomic E-state index is 0.209. The minimum absolute atomic E-state index is 0.209. The second-order valence-corrected chi connectivity index (χ2v) is 4.70. The fourth-order valence-corrected chi connectivity index (χ4v) is 2.02. The minimum Gasteiger partial charge on any atom is -0.379 e. The Kier molecular flexibility index (Phi) is 2.40. The van der Waals surface area contributed by atoms with E-state index < -0.39 is 0 Å². The van der Waals surface area contributed by atoms with Crippen molar-refractivity contribution in [2.75, 3.05) is 5.32 Å². The van der Waals surface area contributed by atoms with Crippen LogP contribution in [0.1, 0.15) is 37.3 Å². The fourth-order valence-electron chi connectivity index (χ4n) is 2.02. The van der Waals surface area contributed by atoms with E-state index in [0.717, 1.165) is 16.8 Å². The van der Waals surface area contributed by atoms with Crippen LogP contribution >= 0.6 is 0 Å². The number of nitrogens with one attached hydrogen (secondary N) is 1. The molecule has 0 amide bonds. The van der Waals surface area contributed by atoms with Gasteiger partial charge in [0.15, 0.2) is 0 Å². The average molecular weight is 200 g/mol. The quantitative estimate of drug-likeness (QED) is 0.795. The molecular weight excluding hydrogens is 184 g/mol. The number of hydrogen-bond donors (Lipinski definition) is 1. The molecule has 1 aliphatic rings. The lowest BCUT2D eigenvalue weighted by Gasteiger charge is -2.40. The maximum atomic E-state index is 9.04. The van der Waals surface area contributed by atoms with Crippen molar-refractivity contribution < 1.29 is 0 Å². The summed E-state index contributed by atoms with van der Waals surface area (Å²) in [5.41, 5.74) is 3.07. The van der Waals surface area contributed by atoms with Crippen molar-refractivity contribution in [1.82, 2.24) is 0 Å². The third-order valence-electron chi connectivity index (χ3n) is 3.19. The van der Waals surface area contributed by atoms with E-state index in [-0.39, 0.29) is 5.54 Å². The van der Waals surface area contributed by atoms with E-state index in [0.29, 0.717) is 0 Å². The molecule has 1 aromatic rings. The number of aryl methyl sites for hydroxylation is 1. The van der Waals surface area contributed by atoms with E-state index in [1.54, 1.807) is 0 Å². The highest BCUT2D eigenvalue weighted by Gasteiger charge is 2.31. The van der Waals surface area contributed by atoms with Gasteiger partial charge in [-0.25, -0.2) is 0 Å². The van der Waals surface area contributed by atoms with Crippen molar-refractivity contribution in [2.45, 2.75) is 38.6 Å². The molecule has 0 saturated heterocycles. The lowest BCUT2D eigenvalue weighted by Crippen LogP contribution is -2.41. The Morgan fingerprint density at radius 3 is 2.67 bits per heavy atom. The molecule has 0 heterocycles. The van der Waals surface area contributed by atoms with Crippen LogP contribution in [0.25, 0.3) is 0 Å². The first-order chi connectivity index (χ1) is 7.13. The van der Waals surface area contributed by atoms with Gasteiger partial charge in [0.1, 0.15) is 6.07 Å². The molecule has 1 saturated carbocycles. The van der Waals surface area contributed by atoms with E-state index in [9.17, 15) is 0 Å². The molecular formula is C13H16N2. The van der Waals surface area contributed by atoms with Gasteiger partial charge in [-0.2, -0.15) is 5.26 Å². The van der Waals surface area contributed by atoms with Crippen LogP contribution in [0.4, 0.5) is 5.69 Å². The van der Waals surface area contributed by atoms with Gasteiger partial charge in [-0.1, -0.05) is 6.07 Å². The molecule has 0 aromatic heterocycles. The first-order valence-corrected chi connectivity index (χ1v) is 5.42. The van der Waals surface area contributed by atoms with Crippen molar-refractivity contribution in [1.29, 1.82) is 5.26 Å². The summed E-state index contributed by atoms with van der Waals surface area (Å²) in [5.74, 6) is 0. The lowest BCUT2D eigenvalue weighted by atomic mass is 9.78. The smallest absolute Gasteiger partial charge is 0.101 e. The Labute approximate surface area is 90.9 Å². The van der Waals surface area contributed by atoms with Gasteiger partial charge >= 0.3 is 0 Å². The second kappa shape index (κ2) is 3.58. The maximum absolute atomic E-state index is 9.04. The van der Waals surface area contributed by atoms with Gasteiger partial charge in [-0.05, 0) is 50.8 Å². The number of rotatable bonds is 2. The van der Waals surface area contributed by atoms with Gasteiger partial charge in [-0.3, -0.25) is 0 Å². The number of benzene rings is 1. The highest BCUT2D eigenvalue weighted by atomic mass is 15.0. The van der Waals surface area contributed by atoms with Crippen molar-refractivity contribution in [3.63, 3.8) is 0 Å². The van der Waals surface area contributed by atoms with Crippen molar-refractivity contribution in [3.05, 3.63) is 29.3 Å². The van der Waals surface area contributed by atoms with Crippen molar-refractivity contribution in [3.8, 4) is 6.07 Å². The van der Waals surface area contributed by atoms with Crippen LogP contribution in [0.5, 0.6) is 0 Å². The number of anilines is 1. The predicted molar refractivity (Wildman–Crippen MR) is 61.8 cm³/mol. The molecule has 0 bridgehead atoms. The summed E-state index contributed by atoms with van der Waals surface area (Å²) in [6.45, 7) is 4.23. The van der Waals surface area contributed by atoms with E-state index >= 15 is 0 Å². The van der Waals surface area contributed by atoms with E-state index in [1.165, 1.54) is 19.3 Å². The van der Waals surface area contributed by atoms with Gasteiger partial charge < -0.3 is 5.32 Å². The third kappa shape index (κ3) is 1.97. The van der Waals surface area contributed by atoms with E-state index in [1.807, 2.05) is 25.1 Å². The normalized spacial score (nSPS) is 17.7. The number of nitrogens with zero attached hydrogens (tertiary/aromatic N) is 1. The highest BCUT2D eigenvalue weighted by Crippen LogP contribution is 2.35. The van der Waals surface area contributed by atoms with Gasteiger partial charge in [0.05, 0.1) is 11.3 Å². The predicted octanol–water partition coefficient (Wildman–Crippen LogP) is 3.22. The third-order valence-corrected chi connectivity index (χ3v) is 3.19. The molecule has 1 N–H and O–H groups in total. The second-order valence-electron chi connectivity index (χ2n) is 4.70. The molecule has 2 rings (SSSR count). The zero-order chi connectivity index (χ0) is 10.9. The molecule has 1 fully saturated rings. The van der Waals surface area contributed by atoms with Crippen LogP contribution in [-0.2, 0) is 0 Å². The largest absolute Gasteiger partial charge is 0.379 e. The Morgan fingerprint density at radius 1 is 1.40 bits per heavy atom. The van der Waals surface area contributed by atoms with Crippen LogP contribution in [0.3, 0.4) is 0 Å². The number of nitriles is 1. The topological polar surface area (TPSA) is 35.8 Å². The Hall–Kier alpha value is -1.49. The van der Waals surface area contributed by atoms with E-state index in [2.05, 4.69) is 18.3 Å². The fraction of sp³-hybridized carbons (Fsp3) is 0.462. The van der Waals surface area contributed by atoms with Crippen LogP contribution < -0.4 is 5.32 Å². The molecule has 0 spiro atoms. The highest BCUT2D eigenvalue weighted by molar-refractivity contribution is 5.60. The molecule has 2 nitrogen and oxygen atoms in total. The standard InChI is InChI=1S/C13H16N2/c1-10-4-5-12(11(8-10)9-14)15-13(2)6-3-7-13/h4-5,8,15H,3,6-7H2,1-2H3.